The van der Waals surface area contributed by atoms with Crippen LogP contribution in [0.2, 0.25) is 0 Å². The van der Waals surface area contributed by atoms with E-state index in [2.05, 4.69) is 15.6 Å². The Hall–Kier alpha value is -2.89. The van der Waals surface area contributed by atoms with E-state index in [0.29, 0.717) is 11.1 Å². The molecule has 2 N–H and O–H groups in total. The second-order valence-electron chi connectivity index (χ2n) is 4.05. The zero-order chi connectivity index (χ0) is 13.9. The normalized spacial score (nSPS) is 10.4. The number of aromatic nitrogens is 1. The van der Waals surface area contributed by atoms with Gasteiger partial charge in [0.15, 0.2) is 5.58 Å². The van der Waals surface area contributed by atoms with Gasteiger partial charge in [-0.05, 0) is 24.3 Å². The fourth-order valence-corrected chi connectivity index (χ4v) is 1.74. The van der Waals surface area contributed by atoms with Gasteiger partial charge in [0.25, 0.3) is 0 Å². The molecule has 100 valence electrons. The maximum Gasteiger partial charge on any atom is 0.327 e. The highest BCUT2D eigenvalue weighted by Gasteiger charge is 2.10. The van der Waals surface area contributed by atoms with E-state index in [1.165, 1.54) is 12.1 Å². The summed E-state index contributed by atoms with van der Waals surface area (Å²) < 4.78 is 18.7. The standard InChI is InChI=1S/C14H10FN3O2/c15-9-5-1-2-6-10(9)16-13(19)18-14-17-11-7-3-4-8-12(11)20-14/h1-8H,(H2,16,17,18,19). The van der Waals surface area contributed by atoms with Crippen LogP contribution in [0.4, 0.5) is 20.9 Å². The maximum absolute atomic E-state index is 13.4. The van der Waals surface area contributed by atoms with Crippen LogP contribution in [0, 0.1) is 5.82 Å². The van der Waals surface area contributed by atoms with Crippen LogP contribution in [-0.4, -0.2) is 11.0 Å². The SMILES string of the molecule is O=C(Nc1nc2ccccc2o1)Nc1ccccc1F. The third kappa shape index (κ3) is 2.44. The molecule has 3 aromatic rings. The van der Waals surface area contributed by atoms with Crippen molar-refractivity contribution >= 4 is 28.8 Å². The number of urea groups is 1. The maximum atomic E-state index is 13.4. The second-order valence-corrected chi connectivity index (χ2v) is 4.05. The molecule has 0 spiro atoms. The molecule has 0 fully saturated rings. The van der Waals surface area contributed by atoms with Gasteiger partial charge in [0, 0.05) is 0 Å². The molecule has 0 saturated carbocycles. The minimum Gasteiger partial charge on any atom is -0.423 e. The number of hydrogen-bond donors (Lipinski definition) is 2. The van der Waals surface area contributed by atoms with Crippen molar-refractivity contribution in [2.45, 2.75) is 0 Å². The van der Waals surface area contributed by atoms with Crippen molar-refractivity contribution in [3.63, 3.8) is 0 Å². The van der Waals surface area contributed by atoms with E-state index >= 15 is 0 Å². The van der Waals surface area contributed by atoms with Crippen molar-refractivity contribution in [1.29, 1.82) is 0 Å². The molecule has 0 aliphatic rings. The number of carbonyl (C=O) groups is 1. The number of oxazole rings is 1. The van der Waals surface area contributed by atoms with Gasteiger partial charge in [-0.1, -0.05) is 24.3 Å². The Bertz CT molecular complexity index is 737. The number of halogens is 1. The minimum atomic E-state index is -0.623. The summed E-state index contributed by atoms with van der Waals surface area (Å²) in [5.41, 5.74) is 1.28. The topological polar surface area (TPSA) is 67.2 Å². The summed E-state index contributed by atoms with van der Waals surface area (Å²) in [6.07, 6.45) is 0. The number of amides is 2. The number of carbonyl (C=O) groups excluding carboxylic acids is 1. The average Bonchev–Trinajstić information content (AvgIpc) is 2.83. The largest absolute Gasteiger partial charge is 0.423 e. The third-order valence-electron chi connectivity index (χ3n) is 2.64. The first kappa shape index (κ1) is 12.2. The number of fused-ring (bicyclic) bond motifs is 1. The summed E-state index contributed by atoms with van der Waals surface area (Å²) in [7, 11) is 0. The molecule has 0 radical (unpaired) electrons. The van der Waals surface area contributed by atoms with E-state index in [0.717, 1.165) is 0 Å². The fraction of sp³-hybridized carbons (Fsp3) is 0. The number of para-hydroxylation sites is 3. The molecule has 2 aromatic carbocycles. The lowest BCUT2D eigenvalue weighted by atomic mass is 10.3. The quantitative estimate of drug-likeness (QED) is 0.748. The van der Waals surface area contributed by atoms with Crippen molar-refractivity contribution in [2.24, 2.45) is 0 Å². The van der Waals surface area contributed by atoms with Crippen molar-refractivity contribution in [1.82, 2.24) is 4.98 Å². The van der Waals surface area contributed by atoms with Gasteiger partial charge in [0.05, 0.1) is 5.69 Å². The highest BCUT2D eigenvalue weighted by molar-refractivity contribution is 5.99. The Morgan fingerprint density at radius 3 is 2.60 bits per heavy atom. The zero-order valence-corrected chi connectivity index (χ0v) is 10.3. The van der Waals surface area contributed by atoms with Crippen molar-refractivity contribution in [2.75, 3.05) is 10.6 Å². The molecule has 2 amide bonds. The van der Waals surface area contributed by atoms with Gasteiger partial charge in [0.1, 0.15) is 11.3 Å². The summed E-state index contributed by atoms with van der Waals surface area (Å²) in [4.78, 5) is 15.8. The molecule has 6 heteroatoms. The molecular weight excluding hydrogens is 261 g/mol. The van der Waals surface area contributed by atoms with Crippen molar-refractivity contribution < 1.29 is 13.6 Å². The Morgan fingerprint density at radius 2 is 1.80 bits per heavy atom. The van der Waals surface area contributed by atoms with Gasteiger partial charge < -0.3 is 9.73 Å². The molecule has 0 atom stereocenters. The highest BCUT2D eigenvalue weighted by atomic mass is 19.1. The Kier molecular flexibility index (Phi) is 3.04. The number of anilines is 2. The first-order chi connectivity index (χ1) is 9.72. The van der Waals surface area contributed by atoms with Crippen molar-refractivity contribution in [3.8, 4) is 0 Å². The molecule has 3 rings (SSSR count). The van der Waals surface area contributed by atoms with E-state index < -0.39 is 11.8 Å². The van der Waals surface area contributed by atoms with Gasteiger partial charge in [0.2, 0.25) is 0 Å². The second kappa shape index (κ2) is 5.00. The smallest absolute Gasteiger partial charge is 0.327 e. The first-order valence-electron chi connectivity index (χ1n) is 5.90. The van der Waals surface area contributed by atoms with Gasteiger partial charge in [-0.2, -0.15) is 4.98 Å². The molecule has 0 aliphatic heterocycles. The zero-order valence-electron chi connectivity index (χ0n) is 10.3. The third-order valence-corrected chi connectivity index (χ3v) is 2.64. The first-order valence-corrected chi connectivity index (χ1v) is 5.90. The van der Waals surface area contributed by atoms with Gasteiger partial charge in [-0.25, -0.2) is 9.18 Å². The summed E-state index contributed by atoms with van der Waals surface area (Å²) >= 11 is 0. The average molecular weight is 271 g/mol. The highest BCUT2D eigenvalue weighted by Crippen LogP contribution is 2.18. The summed E-state index contributed by atoms with van der Waals surface area (Å²) in [6.45, 7) is 0. The van der Waals surface area contributed by atoms with E-state index in [1.807, 2.05) is 6.07 Å². The van der Waals surface area contributed by atoms with Crippen LogP contribution in [0.25, 0.3) is 11.1 Å². The monoisotopic (exact) mass is 271 g/mol. The minimum absolute atomic E-state index is 0.0556. The van der Waals surface area contributed by atoms with Crippen LogP contribution in [0.5, 0.6) is 0 Å². The molecular formula is C14H10FN3O2. The number of benzene rings is 2. The van der Waals surface area contributed by atoms with Crippen LogP contribution in [0.1, 0.15) is 0 Å². The van der Waals surface area contributed by atoms with Crippen molar-refractivity contribution in [3.05, 3.63) is 54.3 Å². The Balaban J connectivity index is 1.74. The van der Waals surface area contributed by atoms with Gasteiger partial charge in [-0.15, -0.1) is 0 Å². The molecule has 20 heavy (non-hydrogen) atoms. The molecule has 0 aliphatic carbocycles. The van der Waals surface area contributed by atoms with Gasteiger partial charge >= 0.3 is 12.0 Å². The number of nitrogens with one attached hydrogen (secondary N) is 2. The lowest BCUT2D eigenvalue weighted by molar-refractivity contribution is 0.261. The molecule has 5 nitrogen and oxygen atoms in total. The number of nitrogens with zero attached hydrogens (tertiary/aromatic N) is 1. The Morgan fingerprint density at radius 1 is 1.05 bits per heavy atom. The molecule has 1 heterocycles. The fourth-order valence-electron chi connectivity index (χ4n) is 1.74. The van der Waals surface area contributed by atoms with E-state index in [-0.39, 0.29) is 11.7 Å². The van der Waals surface area contributed by atoms with Crippen LogP contribution < -0.4 is 10.6 Å². The predicted octanol–water partition coefficient (Wildman–Crippen LogP) is 3.61. The summed E-state index contributed by atoms with van der Waals surface area (Å²) in [5, 5.41) is 4.79. The van der Waals surface area contributed by atoms with Crippen LogP contribution in [0.3, 0.4) is 0 Å². The van der Waals surface area contributed by atoms with Crippen LogP contribution in [0.15, 0.2) is 52.9 Å². The summed E-state index contributed by atoms with van der Waals surface area (Å²) in [5.74, 6) is -0.514. The lowest BCUT2D eigenvalue weighted by Crippen LogP contribution is -2.20. The van der Waals surface area contributed by atoms with Gasteiger partial charge in [-0.3, -0.25) is 5.32 Å². The Labute approximate surface area is 113 Å². The molecule has 1 aromatic heterocycles. The van der Waals surface area contributed by atoms with E-state index in [9.17, 15) is 9.18 Å². The van der Waals surface area contributed by atoms with E-state index in [1.54, 1.807) is 30.3 Å². The van der Waals surface area contributed by atoms with Crippen LogP contribution in [-0.2, 0) is 0 Å². The van der Waals surface area contributed by atoms with Crippen LogP contribution >= 0.6 is 0 Å². The summed E-state index contributed by atoms with van der Waals surface area (Å²) in [6, 6.07) is 12.4. The molecule has 0 saturated heterocycles. The molecule has 0 unspecified atom stereocenters. The predicted molar refractivity (Wildman–Crippen MR) is 73.1 cm³/mol. The van der Waals surface area contributed by atoms with E-state index in [4.69, 9.17) is 4.42 Å². The number of hydrogen-bond acceptors (Lipinski definition) is 3. The lowest BCUT2D eigenvalue weighted by Gasteiger charge is -2.05. The number of rotatable bonds is 2. The molecule has 0 bridgehead atoms.